The number of ether oxygens (including phenoxy) is 2. The number of hydrogen-bond donors (Lipinski definition) is 3. The van der Waals surface area contributed by atoms with Crippen molar-refractivity contribution in [1.29, 1.82) is 0 Å². The van der Waals surface area contributed by atoms with Gasteiger partial charge >= 0.3 is 5.69 Å². The quantitative estimate of drug-likeness (QED) is 0.612. The van der Waals surface area contributed by atoms with Crippen LogP contribution in [0.1, 0.15) is 19.6 Å². The second-order valence-corrected chi connectivity index (χ2v) is 4.59. The van der Waals surface area contributed by atoms with Crippen LogP contribution in [0.4, 0.5) is 0 Å². The van der Waals surface area contributed by atoms with Crippen molar-refractivity contribution in [3.05, 3.63) is 33.1 Å². The summed E-state index contributed by atoms with van der Waals surface area (Å²) in [6.45, 7) is 1.91. The Hall–Kier alpha value is -1.48. The van der Waals surface area contributed by atoms with Gasteiger partial charge in [-0.15, -0.1) is 0 Å². The lowest BCUT2D eigenvalue weighted by atomic mass is 10.1. The maximum Gasteiger partial charge on any atom is 0.330 e. The molecule has 1 aromatic rings. The zero-order valence-corrected chi connectivity index (χ0v) is 11.1. The van der Waals surface area contributed by atoms with E-state index in [2.05, 4.69) is 4.98 Å². The lowest BCUT2D eigenvalue weighted by Crippen LogP contribution is -2.39. The van der Waals surface area contributed by atoms with Gasteiger partial charge in [-0.25, -0.2) is 4.79 Å². The summed E-state index contributed by atoms with van der Waals surface area (Å²) in [5.74, 6) is 0. The second-order valence-electron chi connectivity index (χ2n) is 4.59. The molecule has 0 amide bonds. The maximum absolute atomic E-state index is 11.8. The van der Waals surface area contributed by atoms with Crippen LogP contribution in [0.15, 0.2) is 21.9 Å². The molecule has 0 bridgehead atoms. The van der Waals surface area contributed by atoms with Gasteiger partial charge in [-0.1, -0.05) is 6.92 Å². The Morgan fingerprint density at radius 1 is 1.50 bits per heavy atom. The summed E-state index contributed by atoms with van der Waals surface area (Å²) < 4.78 is 12.1. The fraction of sp³-hybridized carbons (Fsp3) is 0.667. The standard InChI is InChI=1S/C12H18N2O6/c1-2-5-19-10-9(17)7(6-15)20-11(10)14-4-3-8(16)13-12(14)18/h3-4,7,9-11,15,17H,2,5-6H2,1H3,(H,13,16,18)/t7-,9-,10-,11-/m1/s1. The number of rotatable bonds is 5. The number of aliphatic hydroxyl groups excluding tert-OH is 2. The molecular weight excluding hydrogens is 268 g/mol. The van der Waals surface area contributed by atoms with Gasteiger partial charge in [0.05, 0.1) is 6.61 Å². The Bertz CT molecular complexity index is 553. The lowest BCUT2D eigenvalue weighted by Gasteiger charge is -2.21. The molecule has 0 spiro atoms. The molecule has 1 saturated heterocycles. The van der Waals surface area contributed by atoms with Gasteiger partial charge in [0.1, 0.15) is 18.3 Å². The van der Waals surface area contributed by atoms with Crippen molar-refractivity contribution in [2.45, 2.75) is 37.9 Å². The lowest BCUT2D eigenvalue weighted by molar-refractivity contribution is -0.0742. The van der Waals surface area contributed by atoms with Gasteiger partial charge < -0.3 is 19.7 Å². The maximum atomic E-state index is 11.8. The number of nitrogens with one attached hydrogen (secondary N) is 1. The van der Waals surface area contributed by atoms with E-state index in [0.717, 1.165) is 11.0 Å². The highest BCUT2D eigenvalue weighted by molar-refractivity contribution is 4.93. The summed E-state index contributed by atoms with van der Waals surface area (Å²) in [6, 6.07) is 1.18. The third kappa shape index (κ3) is 2.83. The first-order valence-corrected chi connectivity index (χ1v) is 6.46. The number of hydrogen-bond acceptors (Lipinski definition) is 6. The van der Waals surface area contributed by atoms with Crippen LogP contribution in [0.5, 0.6) is 0 Å². The molecular formula is C12H18N2O6. The number of aliphatic hydroxyl groups is 2. The predicted octanol–water partition coefficient (Wildman–Crippen LogP) is -1.42. The number of aromatic nitrogens is 2. The molecule has 1 aliphatic heterocycles. The monoisotopic (exact) mass is 286 g/mol. The zero-order valence-electron chi connectivity index (χ0n) is 11.1. The molecule has 112 valence electrons. The summed E-state index contributed by atoms with van der Waals surface area (Å²) in [4.78, 5) is 25.0. The molecule has 8 heteroatoms. The first kappa shape index (κ1) is 14.9. The van der Waals surface area contributed by atoms with Crippen molar-refractivity contribution in [2.24, 2.45) is 0 Å². The van der Waals surface area contributed by atoms with Crippen molar-refractivity contribution in [2.75, 3.05) is 13.2 Å². The summed E-state index contributed by atoms with van der Waals surface area (Å²) in [5, 5.41) is 19.2. The van der Waals surface area contributed by atoms with Crippen LogP contribution >= 0.6 is 0 Å². The van der Waals surface area contributed by atoms with E-state index in [1.54, 1.807) is 0 Å². The van der Waals surface area contributed by atoms with Gasteiger partial charge in [0.25, 0.3) is 5.56 Å². The number of aromatic amines is 1. The van der Waals surface area contributed by atoms with Gasteiger partial charge in [-0.2, -0.15) is 0 Å². The van der Waals surface area contributed by atoms with E-state index < -0.39 is 35.8 Å². The Balaban J connectivity index is 2.31. The van der Waals surface area contributed by atoms with E-state index in [4.69, 9.17) is 9.47 Å². The molecule has 2 rings (SSSR count). The van der Waals surface area contributed by atoms with Crippen molar-refractivity contribution in [1.82, 2.24) is 9.55 Å². The Kier molecular flexibility index (Phi) is 4.71. The largest absolute Gasteiger partial charge is 0.394 e. The molecule has 3 N–H and O–H groups in total. The summed E-state index contributed by atoms with van der Waals surface area (Å²) >= 11 is 0. The highest BCUT2D eigenvalue weighted by Gasteiger charge is 2.45. The summed E-state index contributed by atoms with van der Waals surface area (Å²) in [6.07, 6.45) is -1.54. The first-order chi connectivity index (χ1) is 9.58. The van der Waals surface area contributed by atoms with E-state index in [9.17, 15) is 19.8 Å². The molecule has 2 heterocycles. The SMILES string of the molecule is CCCO[C@@H]1[C@H](O)[C@@H](CO)O[C@H]1n1ccc(=O)[nH]c1=O. The van der Waals surface area contributed by atoms with Gasteiger partial charge in [0.15, 0.2) is 6.23 Å². The molecule has 1 aliphatic rings. The first-order valence-electron chi connectivity index (χ1n) is 6.46. The van der Waals surface area contributed by atoms with Crippen LogP contribution in [0.2, 0.25) is 0 Å². The van der Waals surface area contributed by atoms with Crippen LogP contribution in [0.25, 0.3) is 0 Å². The van der Waals surface area contributed by atoms with Crippen LogP contribution in [-0.2, 0) is 9.47 Å². The number of H-pyrrole nitrogens is 1. The van der Waals surface area contributed by atoms with Crippen molar-refractivity contribution >= 4 is 0 Å². The normalized spacial score (nSPS) is 29.8. The topological polar surface area (TPSA) is 114 Å². The van der Waals surface area contributed by atoms with Crippen molar-refractivity contribution < 1.29 is 19.7 Å². The third-order valence-electron chi connectivity index (χ3n) is 3.13. The molecule has 20 heavy (non-hydrogen) atoms. The minimum Gasteiger partial charge on any atom is -0.394 e. The molecule has 8 nitrogen and oxygen atoms in total. The Labute approximate surface area is 114 Å². The smallest absolute Gasteiger partial charge is 0.330 e. The molecule has 0 aliphatic carbocycles. The molecule has 0 aromatic carbocycles. The van der Waals surface area contributed by atoms with Gasteiger partial charge in [0, 0.05) is 18.9 Å². The average molecular weight is 286 g/mol. The fourth-order valence-electron chi connectivity index (χ4n) is 2.15. The molecule has 0 saturated carbocycles. The second kappa shape index (κ2) is 6.31. The van der Waals surface area contributed by atoms with E-state index in [-0.39, 0.29) is 6.61 Å². The van der Waals surface area contributed by atoms with E-state index >= 15 is 0 Å². The van der Waals surface area contributed by atoms with Crippen molar-refractivity contribution in [3.63, 3.8) is 0 Å². The predicted molar refractivity (Wildman–Crippen MR) is 68.4 cm³/mol. The Morgan fingerprint density at radius 2 is 2.25 bits per heavy atom. The summed E-state index contributed by atoms with van der Waals surface area (Å²) in [7, 11) is 0. The highest BCUT2D eigenvalue weighted by Crippen LogP contribution is 2.30. The van der Waals surface area contributed by atoms with Crippen LogP contribution < -0.4 is 11.2 Å². The van der Waals surface area contributed by atoms with E-state index in [0.29, 0.717) is 6.61 Å². The van der Waals surface area contributed by atoms with Crippen molar-refractivity contribution in [3.8, 4) is 0 Å². The van der Waals surface area contributed by atoms with Crippen LogP contribution in [0, 0.1) is 0 Å². The highest BCUT2D eigenvalue weighted by atomic mass is 16.6. The van der Waals surface area contributed by atoms with Gasteiger partial charge in [-0.3, -0.25) is 14.3 Å². The third-order valence-corrected chi connectivity index (χ3v) is 3.13. The van der Waals surface area contributed by atoms with E-state index in [1.165, 1.54) is 12.3 Å². The molecule has 1 aromatic heterocycles. The number of nitrogens with zero attached hydrogens (tertiary/aromatic N) is 1. The minimum absolute atomic E-state index is 0.387. The fourth-order valence-corrected chi connectivity index (χ4v) is 2.15. The van der Waals surface area contributed by atoms with Crippen LogP contribution in [0.3, 0.4) is 0 Å². The average Bonchev–Trinajstić information content (AvgIpc) is 2.73. The van der Waals surface area contributed by atoms with Gasteiger partial charge in [0.2, 0.25) is 0 Å². The van der Waals surface area contributed by atoms with Crippen LogP contribution in [-0.4, -0.2) is 51.3 Å². The molecule has 4 atom stereocenters. The minimum atomic E-state index is -1.05. The summed E-state index contributed by atoms with van der Waals surface area (Å²) in [5.41, 5.74) is -1.17. The van der Waals surface area contributed by atoms with Gasteiger partial charge in [-0.05, 0) is 6.42 Å². The molecule has 0 radical (unpaired) electrons. The van der Waals surface area contributed by atoms with E-state index in [1.807, 2.05) is 6.92 Å². The molecule has 1 fully saturated rings. The molecule has 0 unspecified atom stereocenters. The zero-order chi connectivity index (χ0) is 14.7. The Morgan fingerprint density at radius 3 is 2.85 bits per heavy atom.